The summed E-state index contributed by atoms with van der Waals surface area (Å²) >= 11 is 0. The van der Waals surface area contributed by atoms with Gasteiger partial charge < -0.3 is 10.1 Å². The van der Waals surface area contributed by atoms with Crippen LogP contribution in [0, 0.1) is 6.92 Å². The number of anilines is 1. The molecule has 1 saturated heterocycles. The summed E-state index contributed by atoms with van der Waals surface area (Å²) in [7, 11) is 3.50. The molecular weight excluding hydrogens is 428 g/mol. The third kappa shape index (κ3) is 4.12. The fraction of sp³-hybridized carbons (Fsp3) is 0.308. The minimum atomic E-state index is -0.0605. The molecule has 1 N–H and O–H groups in total. The van der Waals surface area contributed by atoms with Crippen LogP contribution in [0.15, 0.2) is 54.9 Å². The summed E-state index contributed by atoms with van der Waals surface area (Å²) in [4.78, 5) is 20.6. The van der Waals surface area contributed by atoms with Gasteiger partial charge in [0.15, 0.2) is 0 Å². The number of nitrogens with one attached hydrogen (secondary N) is 1. The number of piperidine rings is 1. The van der Waals surface area contributed by atoms with Crippen LogP contribution in [0.3, 0.4) is 0 Å². The first-order valence-corrected chi connectivity index (χ1v) is 11.5. The van der Waals surface area contributed by atoms with E-state index in [-0.39, 0.29) is 11.9 Å². The highest BCUT2D eigenvalue weighted by molar-refractivity contribution is 6.11. The Balaban J connectivity index is 1.58. The number of carbonyl (C=O) groups excluding carboxylic acids is 1. The van der Waals surface area contributed by atoms with Crippen LogP contribution in [0.5, 0.6) is 5.75 Å². The number of amides is 1. The second kappa shape index (κ2) is 9.23. The average Bonchev–Trinajstić information content (AvgIpc) is 3.31. The Morgan fingerprint density at radius 3 is 2.71 bits per heavy atom. The minimum absolute atomic E-state index is 0.0144. The van der Waals surface area contributed by atoms with E-state index < -0.39 is 0 Å². The molecule has 1 atom stereocenters. The topological polar surface area (TPSA) is 85.2 Å². The lowest BCUT2D eigenvalue weighted by Crippen LogP contribution is -2.49. The Bertz CT molecular complexity index is 1330. The number of rotatable bonds is 5. The summed E-state index contributed by atoms with van der Waals surface area (Å²) in [5.41, 5.74) is 3.33. The van der Waals surface area contributed by atoms with E-state index in [1.54, 1.807) is 18.0 Å². The van der Waals surface area contributed by atoms with E-state index in [1.807, 2.05) is 67.5 Å². The molecule has 0 saturated carbocycles. The first-order chi connectivity index (χ1) is 16.5. The summed E-state index contributed by atoms with van der Waals surface area (Å²) in [5.74, 6) is 1.42. The number of fused-ring (bicyclic) bond motifs is 1. The van der Waals surface area contributed by atoms with Gasteiger partial charge in [0.2, 0.25) is 0 Å². The van der Waals surface area contributed by atoms with Crippen LogP contribution in [0.2, 0.25) is 0 Å². The molecule has 0 aliphatic carbocycles. The Labute approximate surface area is 198 Å². The van der Waals surface area contributed by atoms with E-state index in [2.05, 4.69) is 15.6 Å². The molecule has 0 bridgehead atoms. The molecule has 8 nitrogen and oxygen atoms in total. The fourth-order valence-corrected chi connectivity index (χ4v) is 4.66. The number of hydrogen-bond donors (Lipinski definition) is 1. The Morgan fingerprint density at radius 2 is 2.03 bits per heavy atom. The second-order valence-corrected chi connectivity index (χ2v) is 8.71. The standard InChI is InChI=1S/C26H28N6O2/c1-17-13-22(34-3)14-20-10-12-28-25(24(17)20)32(21-5-4-11-27-15-21)26(33)19-8-6-18(7-9-19)23-16-31(2)30-29-23/h6-10,12-14,16,21,27H,4-5,11,15H2,1-3H3/t21-/m1/s1. The summed E-state index contributed by atoms with van der Waals surface area (Å²) in [6.45, 7) is 3.73. The number of nitrogens with zero attached hydrogens (tertiary/aromatic N) is 5. The largest absolute Gasteiger partial charge is 0.497 e. The lowest BCUT2D eigenvalue weighted by atomic mass is 10.0. The van der Waals surface area contributed by atoms with Crippen LogP contribution in [0.25, 0.3) is 22.0 Å². The molecule has 8 heteroatoms. The molecule has 0 unspecified atom stereocenters. The zero-order chi connectivity index (χ0) is 23.7. The molecule has 5 rings (SSSR count). The van der Waals surface area contributed by atoms with Crippen molar-refractivity contribution in [2.75, 3.05) is 25.1 Å². The fourth-order valence-electron chi connectivity index (χ4n) is 4.66. The molecule has 0 spiro atoms. The number of methoxy groups -OCH3 is 1. The van der Waals surface area contributed by atoms with Gasteiger partial charge in [-0.2, -0.15) is 0 Å². The number of benzene rings is 2. The maximum atomic E-state index is 14.0. The molecule has 3 heterocycles. The van der Waals surface area contributed by atoms with Crippen molar-refractivity contribution < 1.29 is 9.53 Å². The van der Waals surface area contributed by atoms with Gasteiger partial charge in [-0.25, -0.2) is 4.98 Å². The van der Waals surface area contributed by atoms with Crippen molar-refractivity contribution >= 4 is 22.5 Å². The van der Waals surface area contributed by atoms with Crippen LogP contribution < -0.4 is 15.0 Å². The highest BCUT2D eigenvalue weighted by Gasteiger charge is 2.30. The zero-order valence-electron chi connectivity index (χ0n) is 19.7. The number of pyridine rings is 1. The molecular formula is C26H28N6O2. The number of ether oxygens (including phenoxy) is 1. The smallest absolute Gasteiger partial charge is 0.259 e. The van der Waals surface area contributed by atoms with Crippen molar-refractivity contribution in [1.29, 1.82) is 0 Å². The molecule has 1 aliphatic rings. The van der Waals surface area contributed by atoms with Gasteiger partial charge in [-0.05, 0) is 67.6 Å². The summed E-state index contributed by atoms with van der Waals surface area (Å²) < 4.78 is 7.13. The number of aromatic nitrogens is 4. The van der Waals surface area contributed by atoms with Gasteiger partial charge in [-0.15, -0.1) is 5.10 Å². The maximum Gasteiger partial charge on any atom is 0.259 e. The van der Waals surface area contributed by atoms with Crippen LogP contribution >= 0.6 is 0 Å². The lowest BCUT2D eigenvalue weighted by Gasteiger charge is -2.35. The lowest BCUT2D eigenvalue weighted by molar-refractivity contribution is 0.0972. The van der Waals surface area contributed by atoms with Crippen molar-refractivity contribution in [2.24, 2.45) is 7.05 Å². The van der Waals surface area contributed by atoms with Crippen LogP contribution in [0.1, 0.15) is 28.8 Å². The third-order valence-electron chi connectivity index (χ3n) is 6.36. The van der Waals surface area contributed by atoms with Crippen LogP contribution in [0.4, 0.5) is 5.82 Å². The van der Waals surface area contributed by atoms with E-state index in [4.69, 9.17) is 9.72 Å². The van der Waals surface area contributed by atoms with E-state index >= 15 is 0 Å². The molecule has 1 aliphatic heterocycles. The quantitative estimate of drug-likeness (QED) is 0.492. The van der Waals surface area contributed by atoms with Crippen LogP contribution in [-0.4, -0.2) is 52.1 Å². The number of hydrogen-bond acceptors (Lipinski definition) is 6. The molecule has 1 fully saturated rings. The molecule has 1 amide bonds. The maximum absolute atomic E-state index is 14.0. The number of aryl methyl sites for hydroxylation is 2. The highest BCUT2D eigenvalue weighted by Crippen LogP contribution is 2.34. The predicted octanol–water partition coefficient (Wildman–Crippen LogP) is 3.75. The second-order valence-electron chi connectivity index (χ2n) is 8.71. The summed E-state index contributed by atoms with van der Waals surface area (Å²) in [6, 6.07) is 13.5. The molecule has 174 valence electrons. The van der Waals surface area contributed by atoms with Crippen LogP contribution in [-0.2, 0) is 7.05 Å². The molecule has 2 aromatic heterocycles. The minimum Gasteiger partial charge on any atom is -0.497 e. The van der Waals surface area contributed by atoms with E-state index in [0.29, 0.717) is 11.4 Å². The van der Waals surface area contributed by atoms with E-state index in [9.17, 15) is 4.79 Å². The monoisotopic (exact) mass is 456 g/mol. The summed E-state index contributed by atoms with van der Waals surface area (Å²) in [6.07, 6.45) is 5.56. The van der Waals surface area contributed by atoms with Gasteiger partial charge in [0.1, 0.15) is 17.3 Å². The van der Waals surface area contributed by atoms with Gasteiger partial charge in [-0.1, -0.05) is 17.3 Å². The predicted molar refractivity (Wildman–Crippen MR) is 132 cm³/mol. The van der Waals surface area contributed by atoms with Crippen molar-refractivity contribution in [3.05, 3.63) is 66.0 Å². The van der Waals surface area contributed by atoms with Crippen molar-refractivity contribution in [2.45, 2.75) is 25.8 Å². The normalized spacial score (nSPS) is 15.9. The van der Waals surface area contributed by atoms with Gasteiger partial charge >= 0.3 is 0 Å². The van der Waals surface area contributed by atoms with E-state index in [0.717, 1.165) is 59.3 Å². The summed E-state index contributed by atoms with van der Waals surface area (Å²) in [5, 5.41) is 13.6. The Morgan fingerprint density at radius 1 is 1.21 bits per heavy atom. The first kappa shape index (κ1) is 22.0. The highest BCUT2D eigenvalue weighted by atomic mass is 16.5. The van der Waals surface area contributed by atoms with Crippen molar-refractivity contribution in [3.63, 3.8) is 0 Å². The molecule has 34 heavy (non-hydrogen) atoms. The van der Waals surface area contributed by atoms with Gasteiger partial charge in [0.25, 0.3) is 5.91 Å². The van der Waals surface area contributed by atoms with E-state index in [1.165, 1.54) is 0 Å². The van der Waals surface area contributed by atoms with Gasteiger partial charge in [0.05, 0.1) is 19.3 Å². The van der Waals surface area contributed by atoms with Crippen molar-refractivity contribution in [3.8, 4) is 17.0 Å². The average molecular weight is 457 g/mol. The van der Waals surface area contributed by atoms with Gasteiger partial charge in [0, 0.05) is 36.3 Å². The molecule has 4 aromatic rings. The van der Waals surface area contributed by atoms with Gasteiger partial charge in [-0.3, -0.25) is 14.4 Å². The Hall–Kier alpha value is -3.78. The molecule has 2 aromatic carbocycles. The van der Waals surface area contributed by atoms with Crippen molar-refractivity contribution in [1.82, 2.24) is 25.3 Å². The molecule has 0 radical (unpaired) electrons. The Kier molecular flexibility index (Phi) is 5.98. The zero-order valence-corrected chi connectivity index (χ0v) is 19.7. The number of carbonyl (C=O) groups is 1. The first-order valence-electron chi connectivity index (χ1n) is 11.5. The SMILES string of the molecule is COc1cc(C)c2c(N(C(=O)c3ccc(-c4cn(C)nn4)cc3)[C@@H]3CCCNC3)nccc2c1. The third-order valence-corrected chi connectivity index (χ3v) is 6.36.